The monoisotopic (exact) mass is 213 g/mol. The number of aliphatic hydroxyl groups excluding tert-OH is 1. The van der Waals surface area contributed by atoms with Crippen molar-refractivity contribution in [3.8, 4) is 0 Å². The van der Waals surface area contributed by atoms with Crippen LogP contribution < -0.4 is 11.2 Å². The minimum absolute atomic E-state index is 0. The number of rotatable bonds is 2. The summed E-state index contributed by atoms with van der Waals surface area (Å²) in [6.07, 6.45) is 0. The first kappa shape index (κ1) is 12.8. The second kappa shape index (κ2) is 5.17. The van der Waals surface area contributed by atoms with Crippen molar-refractivity contribution in [2.24, 2.45) is 0 Å². The van der Waals surface area contributed by atoms with Crippen LogP contribution in [0.25, 0.3) is 10.9 Å². The first-order valence-corrected chi connectivity index (χ1v) is 4.57. The molecule has 2 N–H and O–H groups in total. The van der Waals surface area contributed by atoms with E-state index in [-0.39, 0.29) is 37.6 Å². The standard InChI is InChI=1S/C10H10N2O3.Li/c13-6-5-12-9(14)7-3-1-2-4-8(7)11-10(12)15;/h1-4,13H,5-6H2,(H,11,15);. The van der Waals surface area contributed by atoms with Crippen molar-refractivity contribution >= 4 is 29.8 Å². The molecule has 0 saturated carbocycles. The Labute approximate surface area is 103 Å². The summed E-state index contributed by atoms with van der Waals surface area (Å²) in [5, 5.41) is 9.18. The second-order valence-electron chi connectivity index (χ2n) is 3.16. The molecule has 1 aromatic carbocycles. The van der Waals surface area contributed by atoms with Gasteiger partial charge in [-0.1, -0.05) is 12.1 Å². The van der Waals surface area contributed by atoms with E-state index in [2.05, 4.69) is 4.98 Å². The molecular weight excluding hydrogens is 203 g/mol. The predicted octanol–water partition coefficient (Wildman–Crippen LogP) is -0.699. The van der Waals surface area contributed by atoms with Gasteiger partial charge in [-0.15, -0.1) is 0 Å². The van der Waals surface area contributed by atoms with Crippen molar-refractivity contribution in [1.82, 2.24) is 9.55 Å². The summed E-state index contributed by atoms with van der Waals surface area (Å²) in [4.78, 5) is 25.8. The van der Waals surface area contributed by atoms with Gasteiger partial charge in [-0.2, -0.15) is 0 Å². The van der Waals surface area contributed by atoms with Gasteiger partial charge in [0.25, 0.3) is 5.56 Å². The third-order valence-electron chi connectivity index (χ3n) is 2.21. The van der Waals surface area contributed by atoms with E-state index >= 15 is 0 Å². The van der Waals surface area contributed by atoms with Gasteiger partial charge < -0.3 is 10.1 Å². The van der Waals surface area contributed by atoms with Crippen LogP contribution in [0.4, 0.5) is 0 Å². The van der Waals surface area contributed by atoms with Crippen molar-refractivity contribution in [1.29, 1.82) is 0 Å². The van der Waals surface area contributed by atoms with Crippen LogP contribution in [-0.4, -0.2) is 40.1 Å². The van der Waals surface area contributed by atoms with Gasteiger partial charge >= 0.3 is 5.69 Å². The first-order valence-electron chi connectivity index (χ1n) is 4.57. The van der Waals surface area contributed by atoms with Gasteiger partial charge in [0, 0.05) is 18.9 Å². The van der Waals surface area contributed by atoms with E-state index in [1.165, 1.54) is 0 Å². The Hall–Kier alpha value is -1.28. The maximum Gasteiger partial charge on any atom is 0.328 e. The number of nitrogens with one attached hydrogen (secondary N) is 1. The van der Waals surface area contributed by atoms with E-state index in [0.717, 1.165) is 4.57 Å². The molecule has 0 aliphatic carbocycles. The fourth-order valence-electron chi connectivity index (χ4n) is 1.50. The van der Waals surface area contributed by atoms with E-state index in [1.807, 2.05) is 0 Å². The van der Waals surface area contributed by atoms with Crippen molar-refractivity contribution < 1.29 is 5.11 Å². The Bertz CT molecular complexity index is 603. The molecule has 79 valence electrons. The van der Waals surface area contributed by atoms with Gasteiger partial charge in [0.2, 0.25) is 0 Å². The van der Waals surface area contributed by atoms with Gasteiger partial charge in [0.1, 0.15) is 0 Å². The van der Waals surface area contributed by atoms with E-state index in [4.69, 9.17) is 5.11 Å². The van der Waals surface area contributed by atoms with Crippen LogP contribution in [0, 0.1) is 0 Å². The molecule has 0 unspecified atom stereocenters. The summed E-state index contributed by atoms with van der Waals surface area (Å²) in [6.45, 7) is -0.222. The fourth-order valence-corrected chi connectivity index (χ4v) is 1.50. The summed E-state index contributed by atoms with van der Waals surface area (Å²) in [5.74, 6) is 0. The van der Waals surface area contributed by atoms with Crippen LogP contribution in [0.2, 0.25) is 0 Å². The molecule has 0 fully saturated rings. The van der Waals surface area contributed by atoms with Crippen LogP contribution in [0.1, 0.15) is 0 Å². The van der Waals surface area contributed by atoms with Gasteiger partial charge in [0.05, 0.1) is 24.1 Å². The average Bonchev–Trinajstić information content (AvgIpc) is 2.24. The topological polar surface area (TPSA) is 75.1 Å². The number of para-hydroxylation sites is 1. The molecule has 0 aliphatic heterocycles. The van der Waals surface area contributed by atoms with E-state index < -0.39 is 5.69 Å². The summed E-state index contributed by atoms with van der Waals surface area (Å²) in [5.41, 5.74) is -0.349. The molecule has 5 nitrogen and oxygen atoms in total. The van der Waals surface area contributed by atoms with E-state index in [9.17, 15) is 9.59 Å². The number of hydrogen-bond donors (Lipinski definition) is 2. The molecule has 0 amide bonds. The number of benzene rings is 1. The fraction of sp³-hybridized carbons (Fsp3) is 0.200. The molecular formula is C10H10LiN2O3. The van der Waals surface area contributed by atoms with Gasteiger partial charge in [-0.25, -0.2) is 4.79 Å². The van der Waals surface area contributed by atoms with E-state index in [0.29, 0.717) is 10.9 Å². The first-order chi connectivity index (χ1) is 7.24. The maximum atomic E-state index is 11.8. The molecule has 0 bridgehead atoms. The summed E-state index contributed by atoms with van der Waals surface area (Å²) < 4.78 is 0.988. The van der Waals surface area contributed by atoms with Crippen LogP contribution in [-0.2, 0) is 6.54 Å². The van der Waals surface area contributed by atoms with Crippen molar-refractivity contribution in [3.05, 3.63) is 45.1 Å². The smallest absolute Gasteiger partial charge is 0.328 e. The zero-order chi connectivity index (χ0) is 10.8. The number of fused-ring (bicyclic) bond motifs is 1. The Balaban J connectivity index is 0.00000128. The number of aromatic nitrogens is 2. The Kier molecular flexibility index (Phi) is 4.13. The largest absolute Gasteiger partial charge is 0.395 e. The summed E-state index contributed by atoms with van der Waals surface area (Å²) in [6, 6.07) is 6.78. The SMILES string of the molecule is O=c1[nH]c2ccccc2c(=O)n1CCO.[Li]. The number of aliphatic hydroxyl groups is 1. The number of aromatic amines is 1. The van der Waals surface area contributed by atoms with Crippen molar-refractivity contribution in [2.75, 3.05) is 6.61 Å². The Morgan fingerprint density at radius 1 is 1.25 bits per heavy atom. The molecule has 0 saturated heterocycles. The minimum atomic E-state index is -0.493. The molecule has 0 aliphatic rings. The number of hydrogen-bond acceptors (Lipinski definition) is 3. The van der Waals surface area contributed by atoms with Gasteiger partial charge in [-0.05, 0) is 12.1 Å². The third-order valence-corrected chi connectivity index (χ3v) is 2.21. The Morgan fingerprint density at radius 2 is 1.94 bits per heavy atom. The second-order valence-corrected chi connectivity index (χ2v) is 3.16. The number of H-pyrrole nitrogens is 1. The minimum Gasteiger partial charge on any atom is -0.395 e. The predicted molar refractivity (Wildman–Crippen MR) is 61.7 cm³/mol. The molecule has 6 heteroatoms. The summed E-state index contributed by atoms with van der Waals surface area (Å²) in [7, 11) is 0. The molecule has 0 spiro atoms. The molecule has 2 aromatic rings. The van der Waals surface area contributed by atoms with Gasteiger partial charge in [-0.3, -0.25) is 9.36 Å². The quantitative estimate of drug-likeness (QED) is 0.648. The normalized spacial score (nSPS) is 10.1. The number of nitrogens with zero attached hydrogens (tertiary/aromatic N) is 1. The molecule has 16 heavy (non-hydrogen) atoms. The van der Waals surface area contributed by atoms with Gasteiger partial charge in [0.15, 0.2) is 0 Å². The molecule has 1 radical (unpaired) electrons. The Morgan fingerprint density at radius 3 is 2.62 bits per heavy atom. The maximum absolute atomic E-state index is 11.8. The average molecular weight is 213 g/mol. The zero-order valence-corrected chi connectivity index (χ0v) is 8.93. The zero-order valence-electron chi connectivity index (χ0n) is 8.93. The van der Waals surface area contributed by atoms with Crippen LogP contribution in [0.3, 0.4) is 0 Å². The van der Waals surface area contributed by atoms with Crippen molar-refractivity contribution in [2.45, 2.75) is 6.54 Å². The van der Waals surface area contributed by atoms with Crippen LogP contribution in [0.15, 0.2) is 33.9 Å². The third kappa shape index (κ3) is 2.12. The van der Waals surface area contributed by atoms with Crippen LogP contribution >= 0.6 is 0 Å². The summed E-state index contributed by atoms with van der Waals surface area (Å²) >= 11 is 0. The molecule has 1 heterocycles. The molecule has 0 atom stereocenters. The molecule has 1 aromatic heterocycles. The van der Waals surface area contributed by atoms with E-state index in [1.54, 1.807) is 24.3 Å². The van der Waals surface area contributed by atoms with Crippen molar-refractivity contribution in [3.63, 3.8) is 0 Å². The molecule has 2 rings (SSSR count). The van der Waals surface area contributed by atoms with Crippen LogP contribution in [0.5, 0.6) is 0 Å².